The SMILES string of the molecule is O=S([O-])([O-])=S.[Cu+2].[Na+]. The van der Waals surface area contributed by atoms with E-state index in [1.165, 1.54) is 0 Å². The first kappa shape index (κ1) is 15.9. The summed E-state index contributed by atoms with van der Waals surface area (Å²) in [5, 5.41) is 0. The standard InChI is InChI=1S/Cu.Na.H2O3S2/c;;1-5(2,3)4/h;;(H2,1,2,3,4)/q+2;+1;/p-2. The van der Waals surface area contributed by atoms with Gasteiger partial charge in [0.05, 0.1) is 0 Å². The van der Waals surface area contributed by atoms with Crippen LogP contribution in [0.1, 0.15) is 0 Å². The van der Waals surface area contributed by atoms with E-state index in [1.54, 1.807) is 0 Å². The van der Waals surface area contributed by atoms with Crippen molar-refractivity contribution in [1.29, 1.82) is 0 Å². The first-order chi connectivity index (χ1) is 2.00. The van der Waals surface area contributed by atoms with Crippen LogP contribution in [-0.4, -0.2) is 13.3 Å². The Morgan fingerprint density at radius 3 is 1.43 bits per heavy atom. The summed E-state index contributed by atoms with van der Waals surface area (Å²) in [6.07, 6.45) is 0. The molecule has 7 heavy (non-hydrogen) atoms. The summed E-state index contributed by atoms with van der Waals surface area (Å²) in [7, 11) is -4.33. The van der Waals surface area contributed by atoms with Crippen molar-refractivity contribution < 1.29 is 59.9 Å². The van der Waals surface area contributed by atoms with Gasteiger partial charge in [-0.15, -0.1) is 9.05 Å². The fourth-order valence-electron chi connectivity index (χ4n) is 0. The molecule has 0 aromatic rings. The molecule has 41 valence electrons. The summed E-state index contributed by atoms with van der Waals surface area (Å²) in [6.45, 7) is 0. The largest absolute Gasteiger partial charge is 2.00 e. The molecular formula is CuNaO3S2+. The van der Waals surface area contributed by atoms with Gasteiger partial charge in [-0.2, -0.15) is 0 Å². The Balaban J connectivity index is -0.0000000800. The van der Waals surface area contributed by atoms with E-state index in [0.29, 0.717) is 0 Å². The smallest absolute Gasteiger partial charge is 0.780 e. The summed E-state index contributed by atoms with van der Waals surface area (Å²) in [6, 6.07) is 0. The molecule has 3 nitrogen and oxygen atoms in total. The molecule has 1 radical (unpaired) electrons. The maximum absolute atomic E-state index is 8.89. The monoisotopic (exact) mass is 198 g/mol. The minimum absolute atomic E-state index is 0. The molecule has 0 unspecified atom stereocenters. The third-order valence-electron chi connectivity index (χ3n) is 0. The van der Waals surface area contributed by atoms with E-state index >= 15 is 0 Å². The molecule has 0 aliphatic rings. The maximum Gasteiger partial charge on any atom is 2.00 e. The normalized spacial score (nSPS) is 8.29. The van der Waals surface area contributed by atoms with Crippen LogP contribution in [0.2, 0.25) is 0 Å². The number of rotatable bonds is 0. The van der Waals surface area contributed by atoms with Crippen LogP contribution < -0.4 is 29.6 Å². The van der Waals surface area contributed by atoms with Gasteiger partial charge in [-0.25, -0.2) is 0 Å². The third-order valence-corrected chi connectivity index (χ3v) is 0. The van der Waals surface area contributed by atoms with Crippen molar-refractivity contribution >= 4 is 20.2 Å². The van der Waals surface area contributed by atoms with E-state index in [0.717, 1.165) is 0 Å². The van der Waals surface area contributed by atoms with Crippen LogP contribution in [0.3, 0.4) is 0 Å². The van der Waals surface area contributed by atoms with Crippen LogP contribution >= 0.6 is 0 Å². The summed E-state index contributed by atoms with van der Waals surface area (Å²) >= 11 is 3.24. The number of hydrogen-bond acceptors (Lipinski definition) is 4. The molecule has 0 aliphatic carbocycles. The van der Waals surface area contributed by atoms with Crippen molar-refractivity contribution in [2.45, 2.75) is 0 Å². The molecule has 0 amide bonds. The summed E-state index contributed by atoms with van der Waals surface area (Å²) in [4.78, 5) is 0. The Morgan fingerprint density at radius 1 is 1.43 bits per heavy atom. The van der Waals surface area contributed by atoms with Gasteiger partial charge in [0.15, 0.2) is 0 Å². The molecule has 0 N–H and O–H groups in total. The van der Waals surface area contributed by atoms with Gasteiger partial charge in [-0.05, 0) is 11.2 Å². The first-order valence-corrected chi connectivity index (χ1v) is 3.00. The van der Waals surface area contributed by atoms with Gasteiger partial charge in [-0.3, -0.25) is 4.21 Å². The molecule has 0 saturated heterocycles. The Hall–Kier alpha value is 1.81. The summed E-state index contributed by atoms with van der Waals surface area (Å²) < 4.78 is 26.7. The van der Waals surface area contributed by atoms with Gasteiger partial charge in [-0.1, -0.05) is 0 Å². The van der Waals surface area contributed by atoms with Crippen LogP contribution in [0.5, 0.6) is 0 Å². The molecule has 0 atom stereocenters. The predicted octanol–water partition coefficient (Wildman–Crippen LogP) is -4.00. The van der Waals surface area contributed by atoms with Crippen molar-refractivity contribution in [3.8, 4) is 0 Å². The van der Waals surface area contributed by atoms with Crippen LogP contribution in [-0.2, 0) is 37.3 Å². The molecule has 0 aromatic carbocycles. The van der Waals surface area contributed by atoms with E-state index in [9.17, 15) is 0 Å². The topological polar surface area (TPSA) is 63.2 Å². The first-order valence-electron chi connectivity index (χ1n) is 0.667. The molecule has 0 rings (SSSR count). The van der Waals surface area contributed by atoms with Crippen molar-refractivity contribution in [2.24, 2.45) is 0 Å². The van der Waals surface area contributed by atoms with Crippen LogP contribution in [0, 0.1) is 0 Å². The Morgan fingerprint density at radius 2 is 1.43 bits per heavy atom. The van der Waals surface area contributed by atoms with Crippen molar-refractivity contribution in [2.75, 3.05) is 0 Å². The van der Waals surface area contributed by atoms with E-state index in [-0.39, 0.29) is 46.6 Å². The van der Waals surface area contributed by atoms with Crippen molar-refractivity contribution in [3.05, 3.63) is 0 Å². The van der Waals surface area contributed by atoms with Crippen LogP contribution in [0.15, 0.2) is 0 Å². The van der Waals surface area contributed by atoms with E-state index < -0.39 is 9.05 Å². The second kappa shape index (κ2) is 5.94. The van der Waals surface area contributed by atoms with E-state index in [1.807, 2.05) is 0 Å². The van der Waals surface area contributed by atoms with Gasteiger partial charge in [0.1, 0.15) is 0 Å². The molecule has 7 heteroatoms. The molecule has 0 saturated carbocycles. The molecule has 0 bridgehead atoms. The van der Waals surface area contributed by atoms with Gasteiger partial charge >= 0.3 is 46.6 Å². The maximum atomic E-state index is 8.89. The summed E-state index contributed by atoms with van der Waals surface area (Å²) in [5.74, 6) is 0. The fraction of sp³-hybridized carbons (Fsp3) is 0. The van der Waals surface area contributed by atoms with E-state index in [2.05, 4.69) is 11.2 Å². The third kappa shape index (κ3) is 80.5. The fourth-order valence-corrected chi connectivity index (χ4v) is 0. The van der Waals surface area contributed by atoms with Crippen LogP contribution in [0.25, 0.3) is 0 Å². The molecule has 0 aromatic heterocycles. The predicted molar refractivity (Wildman–Crippen MR) is 17.1 cm³/mol. The molecular weight excluding hydrogens is 199 g/mol. The average Bonchev–Trinajstić information content (AvgIpc) is 0.722. The second-order valence-electron chi connectivity index (χ2n) is 0.408. The van der Waals surface area contributed by atoms with Crippen molar-refractivity contribution in [3.63, 3.8) is 0 Å². The number of hydrogen-bond donors (Lipinski definition) is 0. The Bertz CT molecular complexity index is 96.1. The zero-order chi connectivity index (χ0) is 4.50. The summed E-state index contributed by atoms with van der Waals surface area (Å²) in [5.41, 5.74) is 0. The van der Waals surface area contributed by atoms with Crippen molar-refractivity contribution in [1.82, 2.24) is 0 Å². The Kier molecular flexibility index (Phi) is 13.5. The van der Waals surface area contributed by atoms with Crippen LogP contribution in [0.4, 0.5) is 0 Å². The average molecular weight is 199 g/mol. The van der Waals surface area contributed by atoms with Gasteiger partial charge < -0.3 is 9.11 Å². The van der Waals surface area contributed by atoms with E-state index in [4.69, 9.17) is 13.3 Å². The van der Waals surface area contributed by atoms with Gasteiger partial charge in [0.2, 0.25) is 0 Å². The molecule has 0 aliphatic heterocycles. The minimum Gasteiger partial charge on any atom is -0.780 e. The molecule has 0 fully saturated rings. The van der Waals surface area contributed by atoms with Gasteiger partial charge in [0, 0.05) is 0 Å². The van der Waals surface area contributed by atoms with Gasteiger partial charge in [0.25, 0.3) is 0 Å². The zero-order valence-electron chi connectivity index (χ0n) is 3.34. The molecule has 0 spiro atoms. The second-order valence-corrected chi connectivity index (χ2v) is 2.45. The quantitative estimate of drug-likeness (QED) is 0.372. The minimum atomic E-state index is -4.33. The molecule has 0 heterocycles. The zero-order valence-corrected chi connectivity index (χ0v) is 7.92. The Labute approximate surface area is 79.3 Å².